The Morgan fingerprint density at radius 1 is 1.57 bits per heavy atom. The van der Waals surface area contributed by atoms with Gasteiger partial charge in [-0.3, -0.25) is 0 Å². The molecule has 0 radical (unpaired) electrons. The van der Waals surface area contributed by atoms with Gasteiger partial charge in [0.15, 0.2) is 0 Å². The molecule has 4 heteroatoms. The normalized spacial score (nSPS) is 10.7. The average molecular weight is 208 g/mol. The van der Waals surface area contributed by atoms with Gasteiger partial charge in [-0.25, -0.2) is 4.98 Å². The Labute approximate surface area is 86.8 Å². The van der Waals surface area contributed by atoms with Gasteiger partial charge in [-0.2, -0.15) is 0 Å². The van der Waals surface area contributed by atoms with Gasteiger partial charge >= 0.3 is 0 Å². The summed E-state index contributed by atoms with van der Waals surface area (Å²) < 4.78 is 5.36. The number of hydrogen-bond acceptors (Lipinski definition) is 4. The molecule has 0 fully saturated rings. The van der Waals surface area contributed by atoms with E-state index in [1.54, 1.807) is 17.6 Å². The number of aryl methyl sites for hydroxylation is 1. The first-order valence-corrected chi connectivity index (χ1v) is 5.27. The van der Waals surface area contributed by atoms with Crippen LogP contribution in [0.3, 0.4) is 0 Å². The highest BCUT2D eigenvalue weighted by Gasteiger charge is 2.12. The highest BCUT2D eigenvalue weighted by Crippen LogP contribution is 2.30. The fraction of sp³-hybridized carbons (Fsp3) is 0.300. The molecule has 0 spiro atoms. The second kappa shape index (κ2) is 3.94. The highest BCUT2D eigenvalue weighted by atomic mass is 32.1. The molecule has 2 rings (SSSR count). The zero-order valence-corrected chi connectivity index (χ0v) is 9.02. The van der Waals surface area contributed by atoms with Crippen molar-refractivity contribution in [2.45, 2.75) is 13.5 Å². The lowest BCUT2D eigenvalue weighted by Crippen LogP contribution is -2.06. The third-order valence-electron chi connectivity index (χ3n) is 1.89. The summed E-state index contributed by atoms with van der Waals surface area (Å²) in [5.41, 5.74) is 1.06. The van der Waals surface area contributed by atoms with Gasteiger partial charge in [0, 0.05) is 6.54 Å². The predicted molar refractivity (Wildman–Crippen MR) is 57.3 cm³/mol. The maximum atomic E-state index is 5.36. The van der Waals surface area contributed by atoms with Gasteiger partial charge in [-0.05, 0) is 26.1 Å². The molecule has 1 N–H and O–H groups in total. The molecule has 0 aromatic carbocycles. The lowest BCUT2D eigenvalue weighted by molar-refractivity contribution is 0.582. The van der Waals surface area contributed by atoms with Crippen molar-refractivity contribution in [2.24, 2.45) is 0 Å². The van der Waals surface area contributed by atoms with Crippen LogP contribution in [0.5, 0.6) is 0 Å². The van der Waals surface area contributed by atoms with Crippen LogP contribution in [-0.2, 0) is 6.54 Å². The summed E-state index contributed by atoms with van der Waals surface area (Å²) >= 11 is 1.67. The zero-order valence-electron chi connectivity index (χ0n) is 8.20. The van der Waals surface area contributed by atoms with Gasteiger partial charge in [-0.15, -0.1) is 11.3 Å². The fourth-order valence-corrected chi connectivity index (χ4v) is 2.26. The Kier molecular flexibility index (Phi) is 2.65. The minimum Gasteiger partial charge on any atom is -0.463 e. The fourth-order valence-electron chi connectivity index (χ4n) is 1.36. The van der Waals surface area contributed by atoms with Crippen LogP contribution in [0.4, 0.5) is 0 Å². The molecule has 0 aliphatic heterocycles. The standard InChI is InChI=1S/C10H12N2OS/c1-7-12-8(6-11-2)10(14-7)9-4-3-5-13-9/h3-5,11H,6H2,1-2H3. The van der Waals surface area contributed by atoms with Crippen molar-refractivity contribution >= 4 is 11.3 Å². The molecule has 0 bridgehead atoms. The van der Waals surface area contributed by atoms with Crippen LogP contribution in [0.2, 0.25) is 0 Å². The van der Waals surface area contributed by atoms with Gasteiger partial charge in [-0.1, -0.05) is 0 Å². The van der Waals surface area contributed by atoms with E-state index in [4.69, 9.17) is 4.42 Å². The van der Waals surface area contributed by atoms with Crippen LogP contribution in [0.25, 0.3) is 10.6 Å². The Balaban J connectivity index is 2.41. The first kappa shape index (κ1) is 9.43. The molecule has 0 saturated heterocycles. The summed E-state index contributed by atoms with van der Waals surface area (Å²) in [7, 11) is 1.92. The van der Waals surface area contributed by atoms with Crippen molar-refractivity contribution in [2.75, 3.05) is 7.05 Å². The molecule has 0 amide bonds. The van der Waals surface area contributed by atoms with Crippen LogP contribution < -0.4 is 5.32 Å². The maximum Gasteiger partial charge on any atom is 0.145 e. The van der Waals surface area contributed by atoms with E-state index in [0.29, 0.717) is 0 Å². The molecule has 2 aromatic heterocycles. The summed E-state index contributed by atoms with van der Waals surface area (Å²) in [6, 6.07) is 3.86. The molecule has 74 valence electrons. The van der Waals surface area contributed by atoms with Crippen molar-refractivity contribution in [1.82, 2.24) is 10.3 Å². The minimum atomic E-state index is 0.778. The molecular formula is C10H12N2OS. The molecule has 3 nitrogen and oxygen atoms in total. The van der Waals surface area contributed by atoms with E-state index in [0.717, 1.165) is 27.9 Å². The molecule has 0 unspecified atom stereocenters. The zero-order chi connectivity index (χ0) is 9.97. The highest BCUT2D eigenvalue weighted by molar-refractivity contribution is 7.15. The molecular weight excluding hydrogens is 196 g/mol. The monoisotopic (exact) mass is 208 g/mol. The van der Waals surface area contributed by atoms with Gasteiger partial charge in [0.25, 0.3) is 0 Å². The summed E-state index contributed by atoms with van der Waals surface area (Å²) in [6.07, 6.45) is 1.69. The largest absolute Gasteiger partial charge is 0.463 e. The Bertz CT molecular complexity index is 406. The van der Waals surface area contributed by atoms with Crippen molar-refractivity contribution in [1.29, 1.82) is 0 Å². The Morgan fingerprint density at radius 2 is 2.43 bits per heavy atom. The SMILES string of the molecule is CNCc1nc(C)sc1-c1ccco1. The Hall–Kier alpha value is -1.13. The van der Waals surface area contributed by atoms with E-state index in [1.165, 1.54) is 0 Å². The van der Waals surface area contributed by atoms with Crippen molar-refractivity contribution in [3.8, 4) is 10.6 Å². The maximum absolute atomic E-state index is 5.36. The van der Waals surface area contributed by atoms with Gasteiger partial charge in [0.2, 0.25) is 0 Å². The summed E-state index contributed by atoms with van der Waals surface area (Å²) in [6.45, 7) is 2.79. The van der Waals surface area contributed by atoms with Crippen LogP contribution in [0.15, 0.2) is 22.8 Å². The number of nitrogens with zero attached hydrogens (tertiary/aromatic N) is 1. The van der Waals surface area contributed by atoms with Crippen molar-refractivity contribution in [3.63, 3.8) is 0 Å². The molecule has 2 heterocycles. The molecule has 0 atom stereocenters. The third kappa shape index (κ3) is 1.71. The number of furan rings is 1. The van der Waals surface area contributed by atoms with E-state index in [1.807, 2.05) is 26.1 Å². The van der Waals surface area contributed by atoms with Crippen molar-refractivity contribution in [3.05, 3.63) is 29.1 Å². The number of thiazole rings is 1. The number of aromatic nitrogens is 1. The first-order chi connectivity index (χ1) is 6.81. The third-order valence-corrected chi connectivity index (χ3v) is 2.92. The average Bonchev–Trinajstić information content (AvgIpc) is 2.74. The van der Waals surface area contributed by atoms with E-state index in [-0.39, 0.29) is 0 Å². The minimum absolute atomic E-state index is 0.778. The summed E-state index contributed by atoms with van der Waals surface area (Å²) in [5.74, 6) is 0.904. The molecule has 0 saturated carbocycles. The van der Waals surface area contributed by atoms with E-state index in [2.05, 4.69) is 10.3 Å². The summed E-state index contributed by atoms with van der Waals surface area (Å²) in [4.78, 5) is 5.58. The van der Waals surface area contributed by atoms with E-state index in [9.17, 15) is 0 Å². The lowest BCUT2D eigenvalue weighted by atomic mass is 10.3. The smallest absolute Gasteiger partial charge is 0.145 e. The number of hydrogen-bond donors (Lipinski definition) is 1. The number of rotatable bonds is 3. The van der Waals surface area contributed by atoms with Crippen LogP contribution in [0.1, 0.15) is 10.7 Å². The molecule has 2 aromatic rings. The quantitative estimate of drug-likeness (QED) is 0.841. The van der Waals surface area contributed by atoms with Crippen LogP contribution in [0, 0.1) is 6.92 Å². The summed E-state index contributed by atoms with van der Waals surface area (Å²) in [5, 5.41) is 4.17. The van der Waals surface area contributed by atoms with Crippen LogP contribution >= 0.6 is 11.3 Å². The Morgan fingerprint density at radius 3 is 3.07 bits per heavy atom. The second-order valence-electron chi connectivity index (χ2n) is 3.02. The predicted octanol–water partition coefficient (Wildman–Crippen LogP) is 2.43. The van der Waals surface area contributed by atoms with E-state index >= 15 is 0 Å². The first-order valence-electron chi connectivity index (χ1n) is 4.46. The second-order valence-corrected chi connectivity index (χ2v) is 4.22. The van der Waals surface area contributed by atoms with Gasteiger partial charge < -0.3 is 9.73 Å². The van der Waals surface area contributed by atoms with Crippen LogP contribution in [-0.4, -0.2) is 12.0 Å². The van der Waals surface area contributed by atoms with Crippen molar-refractivity contribution < 1.29 is 4.42 Å². The number of nitrogens with one attached hydrogen (secondary N) is 1. The molecule has 0 aliphatic carbocycles. The molecule has 14 heavy (non-hydrogen) atoms. The molecule has 0 aliphatic rings. The van der Waals surface area contributed by atoms with Gasteiger partial charge in [0.1, 0.15) is 5.76 Å². The lowest BCUT2D eigenvalue weighted by Gasteiger charge is -1.97. The van der Waals surface area contributed by atoms with Gasteiger partial charge in [0.05, 0.1) is 21.8 Å². The van der Waals surface area contributed by atoms with E-state index < -0.39 is 0 Å². The topological polar surface area (TPSA) is 38.1 Å².